The molecule has 4 aromatic rings. The van der Waals surface area contributed by atoms with Gasteiger partial charge < -0.3 is 18.8 Å². The molecule has 1 fully saturated rings. The molecule has 34 heavy (non-hydrogen) atoms. The summed E-state index contributed by atoms with van der Waals surface area (Å²) < 4.78 is 18.9. The number of amides is 1. The lowest BCUT2D eigenvalue weighted by Crippen LogP contribution is -2.33. The zero-order chi connectivity index (χ0) is 23.7. The first kappa shape index (κ1) is 21.8. The molecule has 1 saturated carbocycles. The molecule has 8 heteroatoms. The highest BCUT2D eigenvalue weighted by atomic mass is 16.5. The normalized spacial score (nSPS) is 13.0. The number of nitrogens with zero attached hydrogens (tertiary/aromatic N) is 4. The molecule has 2 heterocycles. The van der Waals surface area contributed by atoms with E-state index in [2.05, 4.69) is 4.98 Å². The van der Waals surface area contributed by atoms with Gasteiger partial charge in [-0.15, -0.1) is 0 Å². The van der Waals surface area contributed by atoms with Crippen molar-refractivity contribution >= 4 is 22.8 Å². The maximum Gasteiger partial charge on any atom is 0.231 e. The number of hydrogen-bond acceptors (Lipinski definition) is 6. The van der Waals surface area contributed by atoms with E-state index < -0.39 is 0 Å². The summed E-state index contributed by atoms with van der Waals surface area (Å²) in [6.45, 7) is 0.288. The van der Waals surface area contributed by atoms with Crippen molar-refractivity contribution in [3.05, 3.63) is 66.5 Å². The van der Waals surface area contributed by atoms with Crippen LogP contribution in [0.1, 0.15) is 18.4 Å². The van der Waals surface area contributed by atoms with Gasteiger partial charge in [-0.3, -0.25) is 9.69 Å². The van der Waals surface area contributed by atoms with Crippen molar-refractivity contribution in [2.75, 3.05) is 19.1 Å². The second-order valence-electron chi connectivity index (χ2n) is 8.30. The van der Waals surface area contributed by atoms with Crippen LogP contribution in [0.25, 0.3) is 11.0 Å². The molecule has 0 unspecified atom stereocenters. The van der Waals surface area contributed by atoms with Gasteiger partial charge in [0.25, 0.3) is 0 Å². The summed E-state index contributed by atoms with van der Waals surface area (Å²) in [5.74, 6) is 2.87. The van der Waals surface area contributed by atoms with E-state index in [1.54, 1.807) is 25.4 Å². The van der Waals surface area contributed by atoms with Crippen LogP contribution in [0.2, 0.25) is 0 Å². The van der Waals surface area contributed by atoms with E-state index in [0.29, 0.717) is 34.5 Å². The zero-order valence-electron chi connectivity index (χ0n) is 19.4. The molecule has 0 saturated heterocycles. The first-order valence-electron chi connectivity index (χ1n) is 11.1. The number of imidazole rings is 1. The van der Waals surface area contributed by atoms with Gasteiger partial charge in [-0.2, -0.15) is 4.98 Å². The minimum atomic E-state index is -0.0106. The molecule has 0 spiro atoms. The van der Waals surface area contributed by atoms with Crippen LogP contribution in [0.4, 0.5) is 5.82 Å². The van der Waals surface area contributed by atoms with Gasteiger partial charge in [0.2, 0.25) is 11.8 Å². The number of para-hydroxylation sites is 1. The number of fused-ring (bicyclic) bond motifs is 1. The molecule has 8 nitrogen and oxygen atoms in total. The number of pyridine rings is 1. The lowest BCUT2D eigenvalue weighted by atomic mass is 10.1. The molecule has 0 radical (unpaired) electrons. The minimum absolute atomic E-state index is 0.0106. The quantitative estimate of drug-likeness (QED) is 0.380. The Morgan fingerprint density at radius 2 is 1.85 bits per heavy atom. The van der Waals surface area contributed by atoms with Gasteiger partial charge in [0.1, 0.15) is 22.8 Å². The standard InChI is InChI=1S/C26H26N4O4/c1-29-16-27-24-21(29)14-23(34-19-7-5-4-6-8-19)28-25(24)30(26(31)17-9-10-17)15-18-11-12-20(32-2)13-22(18)33-3/h4-8,11-14,16-17H,9-10,15H2,1-3H3. The molecule has 0 N–H and O–H groups in total. The maximum absolute atomic E-state index is 13.5. The molecule has 1 aliphatic rings. The molecular weight excluding hydrogens is 432 g/mol. The average Bonchev–Trinajstić information content (AvgIpc) is 3.65. The number of ether oxygens (including phenoxy) is 3. The van der Waals surface area contributed by atoms with Gasteiger partial charge >= 0.3 is 0 Å². The number of rotatable bonds is 8. The fourth-order valence-electron chi connectivity index (χ4n) is 3.90. The van der Waals surface area contributed by atoms with Gasteiger partial charge in [-0.25, -0.2) is 4.98 Å². The molecule has 5 rings (SSSR count). The Labute approximate surface area is 197 Å². The van der Waals surface area contributed by atoms with Crippen LogP contribution in [0, 0.1) is 5.92 Å². The van der Waals surface area contributed by atoms with Crippen LogP contribution < -0.4 is 19.1 Å². The molecule has 0 aliphatic heterocycles. The maximum atomic E-state index is 13.5. The third kappa shape index (κ3) is 4.26. The SMILES string of the molecule is COc1ccc(CN(C(=O)C2CC2)c2nc(Oc3ccccc3)cc3c2ncn3C)c(OC)c1. The largest absolute Gasteiger partial charge is 0.497 e. The Morgan fingerprint density at radius 1 is 1.06 bits per heavy atom. The summed E-state index contributed by atoms with van der Waals surface area (Å²) in [7, 11) is 5.12. The Hall–Kier alpha value is -4.07. The van der Waals surface area contributed by atoms with E-state index in [-0.39, 0.29) is 18.4 Å². The summed E-state index contributed by atoms with van der Waals surface area (Å²) >= 11 is 0. The first-order valence-corrected chi connectivity index (χ1v) is 11.1. The predicted molar refractivity (Wildman–Crippen MR) is 128 cm³/mol. The lowest BCUT2D eigenvalue weighted by molar-refractivity contribution is -0.119. The predicted octanol–water partition coefficient (Wildman–Crippen LogP) is 4.72. The summed E-state index contributed by atoms with van der Waals surface area (Å²) in [5, 5.41) is 0. The Balaban J connectivity index is 1.60. The Kier molecular flexibility index (Phi) is 5.79. The number of aryl methyl sites for hydroxylation is 1. The van der Waals surface area contributed by atoms with E-state index in [9.17, 15) is 4.79 Å². The Bertz CT molecular complexity index is 1330. The highest BCUT2D eigenvalue weighted by Gasteiger charge is 2.36. The van der Waals surface area contributed by atoms with Crippen LogP contribution in [0.5, 0.6) is 23.1 Å². The second-order valence-corrected chi connectivity index (χ2v) is 8.30. The van der Waals surface area contributed by atoms with Crippen molar-refractivity contribution in [1.29, 1.82) is 0 Å². The number of carbonyl (C=O) groups is 1. The van der Waals surface area contributed by atoms with Crippen molar-refractivity contribution in [2.24, 2.45) is 13.0 Å². The van der Waals surface area contributed by atoms with Crippen molar-refractivity contribution in [3.8, 4) is 23.1 Å². The average molecular weight is 459 g/mol. The van der Waals surface area contributed by atoms with E-state index in [0.717, 1.165) is 23.9 Å². The Morgan fingerprint density at radius 3 is 2.56 bits per heavy atom. The highest BCUT2D eigenvalue weighted by Crippen LogP contribution is 2.37. The third-order valence-electron chi connectivity index (χ3n) is 5.91. The smallest absolute Gasteiger partial charge is 0.231 e. The number of aromatic nitrogens is 3. The summed E-state index contributed by atoms with van der Waals surface area (Å²) in [6.07, 6.45) is 3.47. The molecular formula is C26H26N4O4. The fraction of sp³-hybridized carbons (Fsp3) is 0.269. The molecule has 2 aromatic heterocycles. The topological polar surface area (TPSA) is 78.7 Å². The third-order valence-corrected chi connectivity index (χ3v) is 5.91. The van der Waals surface area contributed by atoms with E-state index in [4.69, 9.17) is 19.2 Å². The minimum Gasteiger partial charge on any atom is -0.497 e. The molecule has 174 valence electrons. The molecule has 0 atom stereocenters. The van der Waals surface area contributed by atoms with E-state index in [1.807, 2.05) is 66.2 Å². The molecule has 0 bridgehead atoms. The fourth-order valence-corrected chi connectivity index (χ4v) is 3.90. The summed E-state index contributed by atoms with van der Waals surface area (Å²) in [5.41, 5.74) is 2.31. The monoisotopic (exact) mass is 458 g/mol. The van der Waals surface area contributed by atoms with Crippen LogP contribution in [-0.2, 0) is 18.4 Å². The molecule has 1 amide bonds. The molecule has 2 aromatic carbocycles. The van der Waals surface area contributed by atoms with Crippen LogP contribution in [0.3, 0.4) is 0 Å². The number of carbonyl (C=O) groups excluding carboxylic acids is 1. The second kappa shape index (κ2) is 9.05. The van der Waals surface area contributed by atoms with Gasteiger partial charge in [0.15, 0.2) is 5.82 Å². The number of anilines is 1. The van der Waals surface area contributed by atoms with Gasteiger partial charge in [0.05, 0.1) is 32.6 Å². The van der Waals surface area contributed by atoms with Crippen molar-refractivity contribution < 1.29 is 19.0 Å². The summed E-state index contributed by atoms with van der Waals surface area (Å²) in [4.78, 5) is 24.5. The zero-order valence-corrected chi connectivity index (χ0v) is 19.4. The van der Waals surface area contributed by atoms with Crippen LogP contribution in [0.15, 0.2) is 60.9 Å². The lowest BCUT2D eigenvalue weighted by Gasteiger charge is -2.24. The van der Waals surface area contributed by atoms with Gasteiger partial charge in [-0.05, 0) is 37.1 Å². The van der Waals surface area contributed by atoms with Crippen molar-refractivity contribution in [3.63, 3.8) is 0 Å². The number of hydrogen-bond donors (Lipinski definition) is 0. The van der Waals surface area contributed by atoms with Crippen molar-refractivity contribution in [1.82, 2.24) is 14.5 Å². The van der Waals surface area contributed by atoms with Crippen molar-refractivity contribution in [2.45, 2.75) is 19.4 Å². The van der Waals surface area contributed by atoms with Gasteiger partial charge in [-0.1, -0.05) is 18.2 Å². The van der Waals surface area contributed by atoms with E-state index >= 15 is 0 Å². The van der Waals surface area contributed by atoms with Crippen LogP contribution in [-0.4, -0.2) is 34.7 Å². The van der Waals surface area contributed by atoms with Gasteiger partial charge in [0, 0.05) is 30.7 Å². The van der Waals surface area contributed by atoms with Crippen LogP contribution >= 0.6 is 0 Å². The number of methoxy groups -OCH3 is 2. The van der Waals surface area contributed by atoms with E-state index in [1.165, 1.54) is 0 Å². The molecule has 1 aliphatic carbocycles. The summed E-state index contributed by atoms with van der Waals surface area (Å²) in [6, 6.07) is 16.9. The highest BCUT2D eigenvalue weighted by molar-refractivity contribution is 6.02. The number of benzene rings is 2. The first-order chi connectivity index (χ1) is 16.6.